The number of benzene rings is 1. The van der Waals surface area contributed by atoms with Gasteiger partial charge in [0.2, 0.25) is 0 Å². The molecule has 0 aliphatic rings. The Kier molecular flexibility index (Phi) is 4.39. The molecular weight excluding hydrogens is 338 g/mol. The second kappa shape index (κ2) is 6.37. The maximum atomic E-state index is 12.8. The largest absolute Gasteiger partial charge is 0.295 e. The third kappa shape index (κ3) is 3.05. The van der Waals surface area contributed by atoms with E-state index in [1.54, 1.807) is 17.0 Å². The molecule has 2 heterocycles. The van der Waals surface area contributed by atoms with Crippen molar-refractivity contribution >= 4 is 23.5 Å². The van der Waals surface area contributed by atoms with Gasteiger partial charge in [0.05, 0.1) is 22.6 Å². The summed E-state index contributed by atoms with van der Waals surface area (Å²) in [5.74, 6) is 0. The SMILES string of the molecule is Cc1ccc(-n2[nH]c(C)c(C=Nc3c(C)nn(C)c3C)c2=O)cc1Cl. The van der Waals surface area contributed by atoms with Gasteiger partial charge in [-0.1, -0.05) is 17.7 Å². The van der Waals surface area contributed by atoms with E-state index in [-0.39, 0.29) is 5.56 Å². The molecule has 0 bridgehead atoms. The van der Waals surface area contributed by atoms with Gasteiger partial charge in [-0.2, -0.15) is 5.10 Å². The van der Waals surface area contributed by atoms with Crippen molar-refractivity contribution in [1.82, 2.24) is 19.6 Å². The fourth-order valence-electron chi connectivity index (χ4n) is 2.69. The van der Waals surface area contributed by atoms with Gasteiger partial charge in [-0.25, -0.2) is 4.68 Å². The van der Waals surface area contributed by atoms with Crippen LogP contribution in [-0.4, -0.2) is 25.8 Å². The van der Waals surface area contributed by atoms with Gasteiger partial charge in [-0.3, -0.25) is 19.6 Å². The number of nitrogens with zero attached hydrogens (tertiary/aromatic N) is 4. The van der Waals surface area contributed by atoms with Gasteiger partial charge in [0.25, 0.3) is 5.56 Å². The summed E-state index contributed by atoms with van der Waals surface area (Å²) >= 11 is 6.18. The van der Waals surface area contributed by atoms with Gasteiger partial charge < -0.3 is 0 Å². The summed E-state index contributed by atoms with van der Waals surface area (Å²) in [6, 6.07) is 5.51. The number of aliphatic imine (C=N–C) groups is 1. The highest BCUT2D eigenvalue weighted by atomic mass is 35.5. The van der Waals surface area contributed by atoms with E-state index in [0.29, 0.717) is 16.3 Å². The molecule has 2 aromatic heterocycles. The number of hydrogen-bond acceptors (Lipinski definition) is 3. The van der Waals surface area contributed by atoms with Crippen LogP contribution in [0, 0.1) is 27.7 Å². The highest BCUT2D eigenvalue weighted by Crippen LogP contribution is 2.22. The Morgan fingerprint density at radius 3 is 2.56 bits per heavy atom. The van der Waals surface area contributed by atoms with E-state index >= 15 is 0 Å². The number of nitrogens with one attached hydrogen (secondary N) is 1. The standard InChI is InChI=1S/C18H20ClN5O/c1-10-6-7-14(8-16(10)19)24-18(25)15(11(2)22-24)9-20-17-12(3)21-23(5)13(17)4/h6-9,22H,1-5H3. The van der Waals surface area contributed by atoms with Gasteiger partial charge >= 0.3 is 0 Å². The summed E-state index contributed by atoms with van der Waals surface area (Å²) in [5, 5.41) is 8.03. The third-order valence-corrected chi connectivity index (χ3v) is 4.73. The van der Waals surface area contributed by atoms with Crippen LogP contribution in [0.1, 0.15) is 28.2 Å². The maximum absolute atomic E-state index is 12.8. The lowest BCUT2D eigenvalue weighted by Crippen LogP contribution is -2.17. The van der Waals surface area contributed by atoms with Crippen molar-refractivity contribution < 1.29 is 0 Å². The molecule has 0 aliphatic carbocycles. The molecule has 3 aromatic rings. The number of hydrogen-bond donors (Lipinski definition) is 1. The molecule has 0 atom stereocenters. The van der Waals surface area contributed by atoms with Crippen LogP contribution in [0.3, 0.4) is 0 Å². The molecule has 25 heavy (non-hydrogen) atoms. The molecule has 0 aliphatic heterocycles. The van der Waals surface area contributed by atoms with Crippen LogP contribution < -0.4 is 5.56 Å². The summed E-state index contributed by atoms with van der Waals surface area (Å²) in [5.41, 5.74) is 5.31. The summed E-state index contributed by atoms with van der Waals surface area (Å²) in [6.45, 7) is 7.61. The van der Waals surface area contributed by atoms with Crippen LogP contribution in [0.4, 0.5) is 5.69 Å². The lowest BCUT2D eigenvalue weighted by Gasteiger charge is -2.04. The lowest BCUT2D eigenvalue weighted by atomic mass is 10.2. The van der Waals surface area contributed by atoms with E-state index < -0.39 is 0 Å². The Labute approximate surface area is 150 Å². The fourth-order valence-corrected chi connectivity index (χ4v) is 2.87. The van der Waals surface area contributed by atoms with Crippen molar-refractivity contribution in [2.75, 3.05) is 0 Å². The van der Waals surface area contributed by atoms with E-state index in [1.165, 1.54) is 4.68 Å². The maximum Gasteiger partial charge on any atom is 0.280 e. The summed E-state index contributed by atoms with van der Waals surface area (Å²) in [7, 11) is 1.87. The van der Waals surface area contributed by atoms with E-state index in [1.807, 2.05) is 46.9 Å². The van der Waals surface area contributed by atoms with E-state index in [4.69, 9.17) is 11.6 Å². The summed E-state index contributed by atoms with van der Waals surface area (Å²) in [6.07, 6.45) is 1.59. The topological polar surface area (TPSA) is 68.0 Å². The first-order valence-corrected chi connectivity index (χ1v) is 8.29. The molecule has 0 fully saturated rings. The number of aromatic nitrogens is 4. The van der Waals surface area contributed by atoms with Crippen LogP contribution >= 0.6 is 11.6 Å². The molecule has 7 heteroatoms. The van der Waals surface area contributed by atoms with Crippen LogP contribution in [0.2, 0.25) is 5.02 Å². The first-order chi connectivity index (χ1) is 11.8. The average Bonchev–Trinajstić information content (AvgIpc) is 2.97. The van der Waals surface area contributed by atoms with Crippen molar-refractivity contribution in [2.24, 2.45) is 12.0 Å². The molecule has 130 valence electrons. The molecule has 0 spiro atoms. The fraction of sp³-hybridized carbons (Fsp3) is 0.278. The number of H-pyrrole nitrogens is 1. The normalized spacial score (nSPS) is 11.6. The van der Waals surface area contributed by atoms with E-state index in [9.17, 15) is 4.79 Å². The van der Waals surface area contributed by atoms with Gasteiger partial charge in [0.15, 0.2) is 0 Å². The lowest BCUT2D eigenvalue weighted by molar-refractivity contribution is 0.731. The quantitative estimate of drug-likeness (QED) is 0.728. The molecule has 0 radical (unpaired) electrons. The number of halogens is 1. The number of aryl methyl sites for hydroxylation is 4. The van der Waals surface area contributed by atoms with Crippen LogP contribution in [-0.2, 0) is 7.05 Å². The zero-order valence-corrected chi connectivity index (χ0v) is 15.6. The minimum absolute atomic E-state index is 0.166. The molecule has 0 amide bonds. The molecule has 0 unspecified atom stereocenters. The van der Waals surface area contributed by atoms with Crippen molar-refractivity contribution in [3.05, 3.63) is 61.8 Å². The Morgan fingerprint density at radius 1 is 1.24 bits per heavy atom. The molecule has 3 rings (SSSR count). The van der Waals surface area contributed by atoms with Gasteiger partial charge in [0.1, 0.15) is 5.69 Å². The van der Waals surface area contributed by atoms with Crippen molar-refractivity contribution in [2.45, 2.75) is 27.7 Å². The molecule has 1 aromatic carbocycles. The van der Waals surface area contributed by atoms with Crippen molar-refractivity contribution in [3.8, 4) is 5.69 Å². The van der Waals surface area contributed by atoms with Crippen LogP contribution in [0.25, 0.3) is 5.69 Å². The smallest absolute Gasteiger partial charge is 0.280 e. The molecule has 6 nitrogen and oxygen atoms in total. The number of aromatic amines is 1. The minimum atomic E-state index is -0.166. The van der Waals surface area contributed by atoms with E-state index in [2.05, 4.69) is 15.2 Å². The summed E-state index contributed by atoms with van der Waals surface area (Å²) in [4.78, 5) is 17.2. The highest BCUT2D eigenvalue weighted by Gasteiger charge is 2.13. The predicted octanol–water partition coefficient (Wildman–Crippen LogP) is 3.54. The average molecular weight is 358 g/mol. The first kappa shape index (κ1) is 17.2. The predicted molar refractivity (Wildman–Crippen MR) is 101 cm³/mol. The zero-order valence-electron chi connectivity index (χ0n) is 14.9. The zero-order chi connectivity index (χ0) is 18.3. The van der Waals surface area contributed by atoms with Gasteiger partial charge in [0, 0.05) is 24.0 Å². The van der Waals surface area contributed by atoms with E-state index in [0.717, 1.165) is 28.3 Å². The molecular formula is C18H20ClN5O. The first-order valence-electron chi connectivity index (χ1n) is 7.92. The van der Waals surface area contributed by atoms with Crippen LogP contribution in [0.15, 0.2) is 28.0 Å². The Bertz CT molecular complexity index is 1040. The van der Waals surface area contributed by atoms with Crippen LogP contribution in [0.5, 0.6) is 0 Å². The second-order valence-corrected chi connectivity index (χ2v) is 6.53. The monoisotopic (exact) mass is 357 g/mol. The van der Waals surface area contributed by atoms with Gasteiger partial charge in [-0.15, -0.1) is 0 Å². The molecule has 1 N–H and O–H groups in total. The number of rotatable bonds is 3. The Morgan fingerprint density at radius 2 is 1.96 bits per heavy atom. The summed E-state index contributed by atoms with van der Waals surface area (Å²) < 4.78 is 3.25. The molecule has 0 saturated carbocycles. The Hall–Kier alpha value is -2.60. The van der Waals surface area contributed by atoms with Crippen molar-refractivity contribution in [3.63, 3.8) is 0 Å². The Balaban J connectivity index is 2.04. The van der Waals surface area contributed by atoms with Crippen molar-refractivity contribution in [1.29, 1.82) is 0 Å². The van der Waals surface area contributed by atoms with Gasteiger partial charge in [-0.05, 0) is 45.4 Å². The third-order valence-electron chi connectivity index (χ3n) is 4.32. The second-order valence-electron chi connectivity index (χ2n) is 6.13. The minimum Gasteiger partial charge on any atom is -0.295 e. The molecule has 0 saturated heterocycles. The highest BCUT2D eigenvalue weighted by molar-refractivity contribution is 6.31.